The second-order valence-corrected chi connectivity index (χ2v) is 13.4. The highest BCUT2D eigenvalue weighted by Gasteiger charge is 2.34. The van der Waals surface area contributed by atoms with E-state index in [0.29, 0.717) is 11.3 Å². The van der Waals surface area contributed by atoms with E-state index in [1.54, 1.807) is 30.3 Å². The van der Waals surface area contributed by atoms with Gasteiger partial charge in [0.05, 0.1) is 10.6 Å². The summed E-state index contributed by atoms with van der Waals surface area (Å²) in [5.41, 5.74) is 4.58. The molecular weight excluding hydrogens is 626 g/mol. The van der Waals surface area contributed by atoms with Crippen molar-refractivity contribution in [3.63, 3.8) is 0 Å². The Bertz CT molecular complexity index is 1680. The number of aryl methyl sites for hydroxylation is 3. The molecule has 0 spiro atoms. The van der Waals surface area contributed by atoms with Crippen LogP contribution in [-0.2, 0) is 32.6 Å². The number of rotatable bonds is 11. The number of anilines is 1. The largest absolute Gasteiger partial charge is 0.357 e. The Balaban J connectivity index is 1.81. The van der Waals surface area contributed by atoms with Crippen LogP contribution in [0.2, 0.25) is 0 Å². The fourth-order valence-electron chi connectivity index (χ4n) is 4.85. The molecule has 4 aromatic carbocycles. The van der Waals surface area contributed by atoms with Crippen LogP contribution in [0.1, 0.15) is 27.8 Å². The van der Waals surface area contributed by atoms with Gasteiger partial charge in [-0.2, -0.15) is 0 Å². The van der Waals surface area contributed by atoms with Crippen molar-refractivity contribution in [1.82, 2.24) is 10.2 Å². The van der Waals surface area contributed by atoms with Crippen LogP contribution in [0.15, 0.2) is 106 Å². The Kier molecular flexibility index (Phi) is 10.4. The molecule has 2 amide bonds. The van der Waals surface area contributed by atoms with Crippen LogP contribution in [0.5, 0.6) is 0 Å². The molecule has 9 heteroatoms. The predicted octanol–water partition coefficient (Wildman–Crippen LogP) is 5.96. The summed E-state index contributed by atoms with van der Waals surface area (Å²) in [4.78, 5) is 29.3. The summed E-state index contributed by atoms with van der Waals surface area (Å²) in [5, 5.41) is 2.71. The van der Waals surface area contributed by atoms with Crippen molar-refractivity contribution in [3.8, 4) is 0 Å². The molecule has 0 radical (unpaired) electrons. The van der Waals surface area contributed by atoms with Crippen LogP contribution < -0.4 is 9.62 Å². The predicted molar refractivity (Wildman–Crippen MR) is 174 cm³/mol. The van der Waals surface area contributed by atoms with E-state index in [2.05, 4.69) is 21.2 Å². The molecular formula is C34H36BrN3O4S. The zero-order valence-corrected chi connectivity index (χ0v) is 27.2. The third-order valence-corrected chi connectivity index (χ3v) is 9.61. The summed E-state index contributed by atoms with van der Waals surface area (Å²) in [6.45, 7) is 5.21. The smallest absolute Gasteiger partial charge is 0.264 e. The SMILES string of the molecule is CNC(=O)[C@@H](Cc1ccccc1)N(Cc1ccc(Br)cc1)C(=O)CN(c1cc(C)ccc1C)S(=O)(=O)c1ccc(C)cc1. The first kappa shape index (κ1) is 32.0. The summed E-state index contributed by atoms with van der Waals surface area (Å²) in [6.07, 6.45) is 0.261. The van der Waals surface area contributed by atoms with E-state index in [9.17, 15) is 18.0 Å². The molecule has 0 aliphatic heterocycles. The average Bonchev–Trinajstić information content (AvgIpc) is 3.00. The fourth-order valence-corrected chi connectivity index (χ4v) is 6.58. The van der Waals surface area contributed by atoms with Gasteiger partial charge in [0.1, 0.15) is 12.6 Å². The highest BCUT2D eigenvalue weighted by atomic mass is 79.9. The van der Waals surface area contributed by atoms with Crippen LogP contribution in [-0.4, -0.2) is 44.8 Å². The first-order valence-electron chi connectivity index (χ1n) is 14.0. The van der Waals surface area contributed by atoms with Gasteiger partial charge in [-0.05, 0) is 73.4 Å². The van der Waals surface area contributed by atoms with Gasteiger partial charge in [0, 0.05) is 24.5 Å². The van der Waals surface area contributed by atoms with Crippen LogP contribution in [0.25, 0.3) is 0 Å². The summed E-state index contributed by atoms with van der Waals surface area (Å²) in [5.74, 6) is -0.835. The van der Waals surface area contributed by atoms with Crippen molar-refractivity contribution in [2.45, 2.75) is 44.7 Å². The number of carbonyl (C=O) groups excluding carboxylic acids is 2. The third kappa shape index (κ3) is 7.91. The Hall–Kier alpha value is -3.95. The lowest BCUT2D eigenvalue weighted by Crippen LogP contribution is -2.53. The van der Waals surface area contributed by atoms with Gasteiger partial charge < -0.3 is 10.2 Å². The monoisotopic (exact) mass is 661 g/mol. The molecule has 224 valence electrons. The number of carbonyl (C=O) groups is 2. The van der Waals surface area contributed by atoms with E-state index >= 15 is 0 Å². The van der Waals surface area contributed by atoms with Crippen LogP contribution in [0, 0.1) is 20.8 Å². The molecule has 43 heavy (non-hydrogen) atoms. The van der Waals surface area contributed by atoms with E-state index in [1.165, 1.54) is 16.3 Å². The number of nitrogens with zero attached hydrogens (tertiary/aromatic N) is 2. The molecule has 1 atom stereocenters. The lowest BCUT2D eigenvalue weighted by Gasteiger charge is -2.34. The van der Waals surface area contributed by atoms with Gasteiger partial charge >= 0.3 is 0 Å². The fraction of sp³-hybridized carbons (Fsp3) is 0.235. The van der Waals surface area contributed by atoms with Gasteiger partial charge in [0.25, 0.3) is 10.0 Å². The molecule has 0 heterocycles. The molecule has 0 saturated heterocycles. The molecule has 0 fully saturated rings. The normalized spacial score (nSPS) is 11.9. The number of likely N-dealkylation sites (N-methyl/N-ethyl adjacent to an activating group) is 1. The Morgan fingerprint density at radius 3 is 2.07 bits per heavy atom. The minimum Gasteiger partial charge on any atom is -0.357 e. The lowest BCUT2D eigenvalue weighted by atomic mass is 10.0. The first-order valence-corrected chi connectivity index (χ1v) is 16.2. The zero-order valence-electron chi connectivity index (χ0n) is 24.7. The second-order valence-electron chi connectivity index (χ2n) is 10.6. The minimum absolute atomic E-state index is 0.0819. The van der Waals surface area contributed by atoms with E-state index in [4.69, 9.17) is 0 Å². The number of hydrogen-bond donors (Lipinski definition) is 1. The van der Waals surface area contributed by atoms with Gasteiger partial charge in [0.2, 0.25) is 11.8 Å². The molecule has 4 aromatic rings. The molecule has 0 aliphatic rings. The number of amides is 2. The van der Waals surface area contributed by atoms with Gasteiger partial charge in [0.15, 0.2) is 0 Å². The maximum Gasteiger partial charge on any atom is 0.264 e. The molecule has 0 bridgehead atoms. The zero-order chi connectivity index (χ0) is 31.1. The summed E-state index contributed by atoms with van der Waals surface area (Å²) in [6, 6.07) is 28.2. The lowest BCUT2D eigenvalue weighted by molar-refractivity contribution is -0.139. The number of halogens is 1. The summed E-state index contributed by atoms with van der Waals surface area (Å²) >= 11 is 3.45. The van der Waals surface area contributed by atoms with Gasteiger partial charge in [-0.25, -0.2) is 8.42 Å². The molecule has 4 rings (SSSR count). The van der Waals surface area contributed by atoms with Crippen molar-refractivity contribution in [2.75, 3.05) is 17.9 Å². The minimum atomic E-state index is -4.15. The maximum absolute atomic E-state index is 14.4. The Morgan fingerprint density at radius 1 is 0.814 bits per heavy atom. The molecule has 7 nitrogen and oxygen atoms in total. The number of sulfonamides is 1. The van der Waals surface area contributed by atoms with Crippen molar-refractivity contribution < 1.29 is 18.0 Å². The first-order chi connectivity index (χ1) is 20.5. The van der Waals surface area contributed by atoms with Crippen LogP contribution in [0.4, 0.5) is 5.69 Å². The molecule has 0 saturated carbocycles. The van der Waals surface area contributed by atoms with Crippen LogP contribution >= 0.6 is 15.9 Å². The Morgan fingerprint density at radius 2 is 1.44 bits per heavy atom. The van der Waals surface area contributed by atoms with Crippen molar-refractivity contribution >= 4 is 43.5 Å². The maximum atomic E-state index is 14.4. The van der Waals surface area contributed by atoms with Crippen LogP contribution in [0.3, 0.4) is 0 Å². The van der Waals surface area contributed by atoms with E-state index in [0.717, 1.165) is 26.7 Å². The van der Waals surface area contributed by atoms with Crippen molar-refractivity contribution in [3.05, 3.63) is 129 Å². The number of nitrogens with one attached hydrogen (secondary N) is 1. The van der Waals surface area contributed by atoms with E-state index in [-0.39, 0.29) is 23.8 Å². The van der Waals surface area contributed by atoms with Gasteiger partial charge in [-0.15, -0.1) is 0 Å². The second kappa shape index (κ2) is 14.0. The summed E-state index contributed by atoms with van der Waals surface area (Å²) < 4.78 is 30.4. The molecule has 0 unspecified atom stereocenters. The quantitative estimate of drug-likeness (QED) is 0.215. The highest BCUT2D eigenvalue weighted by molar-refractivity contribution is 9.10. The van der Waals surface area contributed by atoms with Crippen molar-refractivity contribution in [1.29, 1.82) is 0 Å². The van der Waals surface area contributed by atoms with Gasteiger partial charge in [-0.1, -0.05) is 88.2 Å². The van der Waals surface area contributed by atoms with Crippen molar-refractivity contribution in [2.24, 2.45) is 0 Å². The molecule has 1 N–H and O–H groups in total. The Labute approximate surface area is 262 Å². The number of benzene rings is 4. The highest BCUT2D eigenvalue weighted by Crippen LogP contribution is 2.29. The summed E-state index contributed by atoms with van der Waals surface area (Å²) in [7, 11) is -2.61. The standard InChI is InChI=1S/C34H36BrN3O4S/c1-24-11-18-30(19-12-24)43(41,42)38(31-20-25(2)10-13-26(31)3)23-33(39)37(22-28-14-16-29(35)17-15-28)32(34(40)36-4)21-27-8-6-5-7-9-27/h5-20,32H,21-23H2,1-4H3,(H,36,40)/t32-/m1/s1. The van der Waals surface area contributed by atoms with E-state index < -0.39 is 28.5 Å². The average molecular weight is 663 g/mol. The van der Waals surface area contributed by atoms with E-state index in [1.807, 2.05) is 87.5 Å². The van der Waals surface area contributed by atoms with Gasteiger partial charge in [-0.3, -0.25) is 13.9 Å². The molecule has 0 aromatic heterocycles. The topological polar surface area (TPSA) is 86.8 Å². The molecule has 0 aliphatic carbocycles. The third-order valence-electron chi connectivity index (χ3n) is 7.30. The number of hydrogen-bond acceptors (Lipinski definition) is 4.